The second kappa shape index (κ2) is 13.5. The van der Waals surface area contributed by atoms with E-state index in [-0.39, 0.29) is 24.5 Å². The fourth-order valence-electron chi connectivity index (χ4n) is 3.17. The molecule has 2 aromatic carbocycles. The zero-order valence-corrected chi connectivity index (χ0v) is 17.8. The minimum atomic E-state index is -2.60. The zero-order chi connectivity index (χ0) is 21.8. The highest BCUT2D eigenvalue weighted by Crippen LogP contribution is 2.18. The lowest BCUT2D eigenvalue weighted by molar-refractivity contribution is 0.276. The minimum absolute atomic E-state index is 0.123. The molecule has 8 heteroatoms. The molecule has 0 aliphatic heterocycles. The number of rotatable bonds is 14. The lowest BCUT2D eigenvalue weighted by Gasteiger charge is -2.09. The Balaban J connectivity index is 1.65. The predicted molar refractivity (Wildman–Crippen MR) is 111 cm³/mol. The van der Waals surface area contributed by atoms with Crippen LogP contribution in [0, 0.1) is 17.5 Å². The zero-order valence-electron chi connectivity index (χ0n) is 16.9. The molecule has 2 aromatic rings. The van der Waals surface area contributed by atoms with Gasteiger partial charge in [-0.1, -0.05) is 25.0 Å². The summed E-state index contributed by atoms with van der Waals surface area (Å²) in [4.78, 5) is 8.50. The molecule has 1 atom stereocenters. The second-order valence-electron chi connectivity index (χ2n) is 7.18. The van der Waals surface area contributed by atoms with Gasteiger partial charge in [0.15, 0.2) is 0 Å². The molecule has 0 saturated heterocycles. The molecule has 0 aliphatic rings. The van der Waals surface area contributed by atoms with Gasteiger partial charge in [-0.05, 0) is 74.0 Å². The lowest BCUT2D eigenvalue weighted by Crippen LogP contribution is -2.17. The molecule has 0 bridgehead atoms. The second-order valence-corrected chi connectivity index (χ2v) is 7.91. The van der Waals surface area contributed by atoms with E-state index in [0.29, 0.717) is 24.9 Å². The van der Waals surface area contributed by atoms with Crippen molar-refractivity contribution in [3.63, 3.8) is 0 Å². The molecule has 0 spiro atoms. The summed E-state index contributed by atoms with van der Waals surface area (Å²) < 4.78 is 56.3. The van der Waals surface area contributed by atoms with Crippen LogP contribution in [0.1, 0.15) is 48.8 Å². The summed E-state index contributed by atoms with van der Waals surface area (Å²) in [5.41, 5.74) is 1.74. The van der Waals surface area contributed by atoms with E-state index in [1.165, 1.54) is 24.3 Å². The molecule has 4 nitrogen and oxygen atoms in total. The SMILES string of the molecule is O=[P+](O)OCCCNCc1cc(F)c(CCCCCCc2ccc(F)cc2)cc1F. The Morgan fingerprint density at radius 1 is 0.867 bits per heavy atom. The molecule has 0 radical (unpaired) electrons. The van der Waals surface area contributed by atoms with Crippen molar-refractivity contribution >= 4 is 8.25 Å². The summed E-state index contributed by atoms with van der Waals surface area (Å²) in [5.74, 6) is -1.08. The number of unbranched alkanes of at least 4 members (excludes halogenated alkanes) is 3. The molecule has 2 N–H and O–H groups in total. The third kappa shape index (κ3) is 9.35. The van der Waals surface area contributed by atoms with Crippen molar-refractivity contribution in [1.29, 1.82) is 0 Å². The maximum absolute atomic E-state index is 14.3. The molecule has 0 heterocycles. The first kappa shape index (κ1) is 24.5. The first-order valence-electron chi connectivity index (χ1n) is 10.2. The molecule has 0 aromatic heterocycles. The summed E-state index contributed by atoms with van der Waals surface area (Å²) >= 11 is 0. The highest BCUT2D eigenvalue weighted by Gasteiger charge is 2.11. The maximum Gasteiger partial charge on any atom is 0.694 e. The van der Waals surface area contributed by atoms with Crippen LogP contribution >= 0.6 is 8.25 Å². The fourth-order valence-corrected chi connectivity index (χ4v) is 3.45. The van der Waals surface area contributed by atoms with Gasteiger partial charge in [0, 0.05) is 16.7 Å². The summed E-state index contributed by atoms with van der Waals surface area (Å²) in [7, 11) is -2.60. The van der Waals surface area contributed by atoms with Crippen molar-refractivity contribution in [2.75, 3.05) is 13.2 Å². The molecule has 0 amide bonds. The average molecular weight is 442 g/mol. The van der Waals surface area contributed by atoms with Gasteiger partial charge in [-0.15, -0.1) is 9.42 Å². The van der Waals surface area contributed by atoms with E-state index >= 15 is 0 Å². The van der Waals surface area contributed by atoms with Gasteiger partial charge < -0.3 is 5.32 Å². The van der Waals surface area contributed by atoms with Crippen LogP contribution in [-0.4, -0.2) is 18.0 Å². The largest absolute Gasteiger partial charge is 0.694 e. The lowest BCUT2D eigenvalue weighted by atomic mass is 10.0. The van der Waals surface area contributed by atoms with Crippen molar-refractivity contribution in [1.82, 2.24) is 5.32 Å². The normalized spacial score (nSPS) is 11.7. The summed E-state index contributed by atoms with van der Waals surface area (Å²) in [6.07, 6.45) is 5.53. The molecule has 164 valence electrons. The van der Waals surface area contributed by atoms with E-state index < -0.39 is 19.9 Å². The Kier molecular flexibility index (Phi) is 11.0. The van der Waals surface area contributed by atoms with Crippen molar-refractivity contribution in [2.24, 2.45) is 0 Å². The van der Waals surface area contributed by atoms with Gasteiger partial charge in [-0.3, -0.25) is 0 Å². The standard InChI is InChI=1S/C22H27F3NO3P/c23-20-10-8-17(9-11-20)6-3-1-2-4-7-18-14-22(25)19(15-21(18)24)16-26-12-5-13-29-30(27)28/h8-11,14-15,26H,1-7,12-13,16H2/p+1. The smallest absolute Gasteiger partial charge is 0.312 e. The number of hydrogen-bond acceptors (Lipinski definition) is 3. The third-order valence-corrected chi connectivity index (χ3v) is 5.21. The monoisotopic (exact) mass is 442 g/mol. The van der Waals surface area contributed by atoms with Crippen molar-refractivity contribution < 1.29 is 27.2 Å². The van der Waals surface area contributed by atoms with Crippen LogP contribution in [0.25, 0.3) is 0 Å². The van der Waals surface area contributed by atoms with Crippen LogP contribution in [0.4, 0.5) is 13.2 Å². The van der Waals surface area contributed by atoms with Crippen molar-refractivity contribution in [3.05, 3.63) is 70.5 Å². The van der Waals surface area contributed by atoms with Gasteiger partial charge in [0.25, 0.3) is 0 Å². The van der Waals surface area contributed by atoms with Crippen LogP contribution in [0.2, 0.25) is 0 Å². The molecule has 0 aliphatic carbocycles. The van der Waals surface area contributed by atoms with Crippen LogP contribution in [0.3, 0.4) is 0 Å². The number of nitrogens with one attached hydrogen (secondary N) is 1. The van der Waals surface area contributed by atoms with Gasteiger partial charge in [0.2, 0.25) is 0 Å². The molecule has 1 unspecified atom stereocenters. The predicted octanol–water partition coefficient (Wildman–Crippen LogP) is 5.60. The molecule has 0 fully saturated rings. The van der Waals surface area contributed by atoms with E-state index in [1.54, 1.807) is 12.1 Å². The van der Waals surface area contributed by atoms with Gasteiger partial charge in [0.1, 0.15) is 24.1 Å². The Hall–Kier alpha value is -1.79. The molecular weight excluding hydrogens is 414 g/mol. The van der Waals surface area contributed by atoms with Gasteiger partial charge in [-0.25, -0.2) is 13.2 Å². The summed E-state index contributed by atoms with van der Waals surface area (Å²) in [5, 5.41) is 2.96. The molecular formula is C22H28F3NO3P+. The number of hydrogen-bond donors (Lipinski definition) is 2. The fraction of sp³-hybridized carbons (Fsp3) is 0.455. The molecule has 0 saturated carbocycles. The van der Waals surface area contributed by atoms with Crippen molar-refractivity contribution in [3.8, 4) is 0 Å². The van der Waals surface area contributed by atoms with Crippen LogP contribution in [-0.2, 0) is 28.5 Å². The molecule has 2 rings (SSSR count). The van der Waals surface area contributed by atoms with Crippen LogP contribution in [0.15, 0.2) is 36.4 Å². The minimum Gasteiger partial charge on any atom is -0.312 e. The highest BCUT2D eigenvalue weighted by molar-refractivity contribution is 7.32. The molecule has 30 heavy (non-hydrogen) atoms. The summed E-state index contributed by atoms with van der Waals surface area (Å²) in [6, 6.07) is 8.99. The van der Waals surface area contributed by atoms with Gasteiger partial charge in [0.05, 0.1) is 0 Å². The first-order chi connectivity index (χ1) is 14.5. The van der Waals surface area contributed by atoms with Crippen molar-refractivity contribution in [2.45, 2.75) is 51.5 Å². The Morgan fingerprint density at radius 2 is 1.50 bits per heavy atom. The first-order valence-corrected chi connectivity index (χ1v) is 11.3. The Morgan fingerprint density at radius 3 is 2.20 bits per heavy atom. The van der Waals surface area contributed by atoms with E-state index in [0.717, 1.165) is 37.7 Å². The van der Waals surface area contributed by atoms with Crippen LogP contribution < -0.4 is 5.32 Å². The Bertz CT molecular complexity index is 803. The number of halogens is 3. The van der Waals surface area contributed by atoms with Gasteiger partial charge >= 0.3 is 8.25 Å². The third-order valence-electron chi connectivity index (χ3n) is 4.81. The summed E-state index contributed by atoms with van der Waals surface area (Å²) in [6.45, 7) is 0.764. The van der Waals surface area contributed by atoms with E-state index in [1.807, 2.05) is 0 Å². The van der Waals surface area contributed by atoms with E-state index in [9.17, 15) is 17.7 Å². The van der Waals surface area contributed by atoms with E-state index in [4.69, 9.17) is 4.89 Å². The quantitative estimate of drug-likeness (QED) is 0.296. The Labute approximate surface area is 176 Å². The number of benzene rings is 2. The topological polar surface area (TPSA) is 58.6 Å². The number of aryl methyl sites for hydroxylation is 2. The van der Waals surface area contributed by atoms with Gasteiger partial charge in [-0.2, -0.15) is 0 Å². The maximum atomic E-state index is 14.3. The van der Waals surface area contributed by atoms with Crippen LogP contribution in [0.5, 0.6) is 0 Å². The van der Waals surface area contributed by atoms with E-state index in [2.05, 4.69) is 9.84 Å². The average Bonchev–Trinajstić information content (AvgIpc) is 2.71. The highest BCUT2D eigenvalue weighted by atomic mass is 31.1.